The molecule has 0 saturated carbocycles. The molecule has 3 rings (SSSR count). The minimum Gasteiger partial charge on any atom is -0.351 e. The predicted molar refractivity (Wildman–Crippen MR) is 78.7 cm³/mol. The Balaban J connectivity index is 0.00000133. The number of piperidine rings is 1. The summed E-state index contributed by atoms with van der Waals surface area (Å²) >= 11 is 0. The fourth-order valence-electron chi connectivity index (χ4n) is 3.04. The predicted octanol–water partition coefficient (Wildman–Crippen LogP) is 1.83. The highest BCUT2D eigenvalue weighted by Gasteiger charge is 2.26. The molecule has 1 aromatic carbocycles. The van der Waals surface area contributed by atoms with Gasteiger partial charge in [-0.1, -0.05) is 30.7 Å². The number of carbonyl (C=O) groups is 1. The number of fused-ring (bicyclic) bond motifs is 1. The summed E-state index contributed by atoms with van der Waals surface area (Å²) < 4.78 is 0. The third-order valence-corrected chi connectivity index (χ3v) is 4.02. The van der Waals surface area contributed by atoms with Crippen LogP contribution in [0.2, 0.25) is 0 Å². The van der Waals surface area contributed by atoms with E-state index in [1.165, 1.54) is 17.5 Å². The van der Waals surface area contributed by atoms with Crippen molar-refractivity contribution in [1.29, 1.82) is 0 Å². The summed E-state index contributed by atoms with van der Waals surface area (Å²) in [7, 11) is 0. The highest BCUT2D eigenvalue weighted by atomic mass is 35.5. The summed E-state index contributed by atoms with van der Waals surface area (Å²) in [5.41, 5.74) is 2.78. The molecule has 2 aliphatic rings. The summed E-state index contributed by atoms with van der Waals surface area (Å²) in [6.45, 7) is 0.975. The second-order valence-electron chi connectivity index (χ2n) is 5.38. The van der Waals surface area contributed by atoms with Crippen molar-refractivity contribution in [3.05, 3.63) is 35.4 Å². The lowest BCUT2D eigenvalue weighted by atomic mass is 10.0. The SMILES string of the molecule is Cl.O=C(NC1Cc2ccccc2C1)C1CCCCN1. The van der Waals surface area contributed by atoms with Crippen molar-refractivity contribution >= 4 is 18.3 Å². The average molecular weight is 281 g/mol. The number of rotatable bonds is 2. The van der Waals surface area contributed by atoms with Crippen LogP contribution in [0.4, 0.5) is 0 Å². The molecule has 104 valence electrons. The Bertz CT molecular complexity index is 419. The highest BCUT2D eigenvalue weighted by Crippen LogP contribution is 2.21. The maximum absolute atomic E-state index is 12.1. The van der Waals surface area contributed by atoms with Gasteiger partial charge < -0.3 is 10.6 Å². The number of nitrogens with one attached hydrogen (secondary N) is 2. The summed E-state index contributed by atoms with van der Waals surface area (Å²) in [5, 5.41) is 6.50. The monoisotopic (exact) mass is 280 g/mol. The minimum atomic E-state index is 0. The van der Waals surface area contributed by atoms with Gasteiger partial charge in [-0.05, 0) is 43.4 Å². The molecular formula is C15H21ClN2O. The second kappa shape index (κ2) is 6.40. The largest absolute Gasteiger partial charge is 0.351 e. The van der Waals surface area contributed by atoms with Gasteiger partial charge in [0.25, 0.3) is 0 Å². The highest BCUT2D eigenvalue weighted by molar-refractivity contribution is 5.85. The number of carbonyl (C=O) groups excluding carboxylic acids is 1. The van der Waals surface area contributed by atoms with Crippen LogP contribution in [0.5, 0.6) is 0 Å². The van der Waals surface area contributed by atoms with Crippen LogP contribution in [0, 0.1) is 0 Å². The van der Waals surface area contributed by atoms with Crippen molar-refractivity contribution in [2.45, 2.75) is 44.2 Å². The summed E-state index contributed by atoms with van der Waals surface area (Å²) in [6.07, 6.45) is 5.30. The van der Waals surface area contributed by atoms with Crippen molar-refractivity contribution in [3.8, 4) is 0 Å². The van der Waals surface area contributed by atoms with E-state index in [1.807, 2.05) is 0 Å². The first-order chi connectivity index (χ1) is 8.83. The zero-order chi connectivity index (χ0) is 12.4. The van der Waals surface area contributed by atoms with Crippen molar-refractivity contribution < 1.29 is 4.79 Å². The van der Waals surface area contributed by atoms with E-state index in [4.69, 9.17) is 0 Å². The Morgan fingerprint density at radius 1 is 1.16 bits per heavy atom. The van der Waals surface area contributed by atoms with Gasteiger partial charge in [-0.25, -0.2) is 0 Å². The van der Waals surface area contributed by atoms with Gasteiger partial charge in [-0.3, -0.25) is 4.79 Å². The van der Waals surface area contributed by atoms with Crippen LogP contribution in [0.3, 0.4) is 0 Å². The summed E-state index contributed by atoms with van der Waals surface area (Å²) in [6, 6.07) is 8.80. The van der Waals surface area contributed by atoms with Crippen LogP contribution < -0.4 is 10.6 Å². The van der Waals surface area contributed by atoms with Gasteiger partial charge in [0.05, 0.1) is 6.04 Å². The van der Waals surface area contributed by atoms with E-state index in [-0.39, 0.29) is 24.4 Å². The molecule has 0 bridgehead atoms. The number of halogens is 1. The Morgan fingerprint density at radius 3 is 2.42 bits per heavy atom. The maximum Gasteiger partial charge on any atom is 0.237 e. The molecular weight excluding hydrogens is 260 g/mol. The van der Waals surface area contributed by atoms with Gasteiger partial charge >= 0.3 is 0 Å². The first-order valence-corrected chi connectivity index (χ1v) is 6.93. The Labute approximate surface area is 120 Å². The standard InChI is InChI=1S/C15H20N2O.ClH/c18-15(14-7-3-4-8-16-14)17-13-9-11-5-1-2-6-12(11)10-13;/h1-2,5-6,13-14,16H,3-4,7-10H2,(H,17,18);1H. The molecule has 19 heavy (non-hydrogen) atoms. The number of hydrogen-bond donors (Lipinski definition) is 2. The lowest BCUT2D eigenvalue weighted by Gasteiger charge is -2.24. The van der Waals surface area contributed by atoms with E-state index in [1.54, 1.807) is 0 Å². The maximum atomic E-state index is 12.1. The fourth-order valence-corrected chi connectivity index (χ4v) is 3.04. The third-order valence-electron chi connectivity index (χ3n) is 4.02. The average Bonchev–Trinajstić information content (AvgIpc) is 2.82. The van der Waals surface area contributed by atoms with Gasteiger partial charge in [0.1, 0.15) is 0 Å². The van der Waals surface area contributed by atoms with Crippen molar-refractivity contribution in [2.24, 2.45) is 0 Å². The van der Waals surface area contributed by atoms with Gasteiger partial charge in [-0.15, -0.1) is 12.4 Å². The van der Waals surface area contributed by atoms with E-state index >= 15 is 0 Å². The molecule has 1 heterocycles. The minimum absolute atomic E-state index is 0. The van der Waals surface area contributed by atoms with Gasteiger partial charge in [0.2, 0.25) is 5.91 Å². The number of benzene rings is 1. The summed E-state index contributed by atoms with van der Waals surface area (Å²) in [4.78, 5) is 12.1. The Kier molecular flexibility index (Phi) is 4.83. The van der Waals surface area contributed by atoms with Crippen LogP contribution in [-0.4, -0.2) is 24.5 Å². The van der Waals surface area contributed by atoms with Crippen LogP contribution in [0.25, 0.3) is 0 Å². The fraction of sp³-hybridized carbons (Fsp3) is 0.533. The van der Waals surface area contributed by atoms with Crippen molar-refractivity contribution in [3.63, 3.8) is 0 Å². The molecule has 2 N–H and O–H groups in total. The third kappa shape index (κ3) is 3.28. The van der Waals surface area contributed by atoms with Crippen LogP contribution in [0.1, 0.15) is 30.4 Å². The van der Waals surface area contributed by atoms with Crippen LogP contribution in [-0.2, 0) is 17.6 Å². The second-order valence-corrected chi connectivity index (χ2v) is 5.38. The topological polar surface area (TPSA) is 41.1 Å². The Morgan fingerprint density at radius 2 is 1.84 bits per heavy atom. The van der Waals surface area contributed by atoms with E-state index in [2.05, 4.69) is 34.9 Å². The number of amides is 1. The molecule has 1 saturated heterocycles. The molecule has 1 aliphatic heterocycles. The smallest absolute Gasteiger partial charge is 0.237 e. The molecule has 1 unspecified atom stereocenters. The van der Waals surface area contributed by atoms with Crippen LogP contribution in [0.15, 0.2) is 24.3 Å². The van der Waals surface area contributed by atoms with E-state index < -0.39 is 0 Å². The molecule has 0 spiro atoms. The lowest BCUT2D eigenvalue weighted by Crippen LogP contribution is -2.49. The van der Waals surface area contributed by atoms with Gasteiger partial charge in [0.15, 0.2) is 0 Å². The first-order valence-electron chi connectivity index (χ1n) is 6.93. The van der Waals surface area contributed by atoms with Crippen molar-refractivity contribution in [1.82, 2.24) is 10.6 Å². The van der Waals surface area contributed by atoms with Gasteiger partial charge in [0, 0.05) is 6.04 Å². The normalized spacial score (nSPS) is 22.4. The lowest BCUT2D eigenvalue weighted by molar-refractivity contribution is -0.124. The summed E-state index contributed by atoms with van der Waals surface area (Å²) in [5.74, 6) is 0.188. The van der Waals surface area contributed by atoms with Crippen LogP contribution >= 0.6 is 12.4 Å². The van der Waals surface area contributed by atoms with E-state index in [0.717, 1.165) is 32.2 Å². The first kappa shape index (κ1) is 14.4. The molecule has 1 aliphatic carbocycles. The molecule has 4 heteroatoms. The molecule has 1 fully saturated rings. The van der Waals surface area contributed by atoms with E-state index in [9.17, 15) is 4.79 Å². The molecule has 1 aromatic rings. The molecule has 0 aromatic heterocycles. The molecule has 1 atom stereocenters. The molecule has 1 amide bonds. The quantitative estimate of drug-likeness (QED) is 0.868. The van der Waals surface area contributed by atoms with Gasteiger partial charge in [-0.2, -0.15) is 0 Å². The van der Waals surface area contributed by atoms with Crippen molar-refractivity contribution in [2.75, 3.05) is 6.54 Å². The molecule has 3 nitrogen and oxygen atoms in total. The molecule has 0 radical (unpaired) electrons. The number of hydrogen-bond acceptors (Lipinski definition) is 2. The van der Waals surface area contributed by atoms with E-state index in [0.29, 0.717) is 6.04 Å². The zero-order valence-electron chi connectivity index (χ0n) is 11.0. The zero-order valence-corrected chi connectivity index (χ0v) is 11.8. The Hall–Kier alpha value is -1.06.